The molecule has 0 aliphatic carbocycles. The predicted octanol–water partition coefficient (Wildman–Crippen LogP) is 3.41. The van der Waals surface area contributed by atoms with E-state index in [2.05, 4.69) is 5.32 Å². The van der Waals surface area contributed by atoms with Crippen molar-refractivity contribution in [3.63, 3.8) is 0 Å². The van der Waals surface area contributed by atoms with Gasteiger partial charge in [0.1, 0.15) is 11.6 Å². The van der Waals surface area contributed by atoms with Crippen LogP contribution in [-0.2, 0) is 9.53 Å². The number of hydrogen-bond donors (Lipinski definition) is 1. The zero-order chi connectivity index (χ0) is 17.4. The Hall–Kier alpha value is -3.39. The number of esters is 1. The largest absolute Gasteiger partial charge is 0.462 e. The van der Waals surface area contributed by atoms with E-state index in [1.54, 1.807) is 37.3 Å². The molecule has 5 heteroatoms. The first-order valence-corrected chi connectivity index (χ1v) is 7.39. The molecule has 0 unspecified atom stereocenters. The van der Waals surface area contributed by atoms with E-state index in [0.29, 0.717) is 11.3 Å². The van der Waals surface area contributed by atoms with Gasteiger partial charge in [0, 0.05) is 5.69 Å². The van der Waals surface area contributed by atoms with Gasteiger partial charge in [0.25, 0.3) is 5.91 Å². The van der Waals surface area contributed by atoms with Gasteiger partial charge in [0.2, 0.25) is 0 Å². The second-order valence-electron chi connectivity index (χ2n) is 4.84. The number of carbonyl (C=O) groups excluding carboxylic acids is 2. The zero-order valence-electron chi connectivity index (χ0n) is 13.2. The van der Waals surface area contributed by atoms with Crippen molar-refractivity contribution >= 4 is 23.6 Å². The summed E-state index contributed by atoms with van der Waals surface area (Å²) in [6, 6.07) is 17.3. The van der Waals surface area contributed by atoms with Crippen LogP contribution in [0.1, 0.15) is 22.8 Å². The highest BCUT2D eigenvalue weighted by Gasteiger charge is 2.11. The van der Waals surface area contributed by atoms with E-state index in [9.17, 15) is 14.9 Å². The van der Waals surface area contributed by atoms with Crippen LogP contribution >= 0.6 is 0 Å². The smallest absolute Gasteiger partial charge is 0.338 e. The molecule has 0 bridgehead atoms. The number of carbonyl (C=O) groups is 2. The quantitative estimate of drug-likeness (QED) is 0.520. The van der Waals surface area contributed by atoms with Crippen LogP contribution in [0, 0.1) is 11.3 Å². The second-order valence-corrected chi connectivity index (χ2v) is 4.84. The second kappa shape index (κ2) is 8.30. The SMILES string of the molecule is CCOC(=O)c1cccc(NC(=O)C(C#N)=Cc2ccccc2)c1. The minimum atomic E-state index is -0.539. The fraction of sp³-hybridized carbons (Fsp3) is 0.105. The van der Waals surface area contributed by atoms with Crippen molar-refractivity contribution in [1.29, 1.82) is 5.26 Å². The van der Waals surface area contributed by atoms with E-state index in [-0.39, 0.29) is 12.2 Å². The van der Waals surface area contributed by atoms with E-state index in [4.69, 9.17) is 4.74 Å². The summed E-state index contributed by atoms with van der Waals surface area (Å²) in [7, 11) is 0. The molecular weight excluding hydrogens is 304 g/mol. The van der Waals surface area contributed by atoms with Crippen LogP contribution in [0.25, 0.3) is 6.08 Å². The van der Waals surface area contributed by atoms with E-state index in [1.165, 1.54) is 12.1 Å². The van der Waals surface area contributed by atoms with E-state index < -0.39 is 11.9 Å². The van der Waals surface area contributed by atoms with Crippen molar-refractivity contribution in [2.75, 3.05) is 11.9 Å². The van der Waals surface area contributed by atoms with Crippen molar-refractivity contribution in [3.05, 3.63) is 71.3 Å². The van der Waals surface area contributed by atoms with Gasteiger partial charge in [0.15, 0.2) is 0 Å². The number of nitrogens with one attached hydrogen (secondary N) is 1. The lowest BCUT2D eigenvalue weighted by molar-refractivity contribution is -0.112. The molecule has 0 radical (unpaired) electrons. The van der Waals surface area contributed by atoms with Crippen LogP contribution in [0.5, 0.6) is 0 Å². The van der Waals surface area contributed by atoms with Gasteiger partial charge in [-0.1, -0.05) is 36.4 Å². The first-order valence-electron chi connectivity index (χ1n) is 7.39. The van der Waals surface area contributed by atoms with E-state index >= 15 is 0 Å². The highest BCUT2D eigenvalue weighted by atomic mass is 16.5. The van der Waals surface area contributed by atoms with Crippen molar-refractivity contribution in [2.45, 2.75) is 6.92 Å². The number of anilines is 1. The van der Waals surface area contributed by atoms with Crippen LogP contribution in [0.3, 0.4) is 0 Å². The van der Waals surface area contributed by atoms with Crippen molar-refractivity contribution in [3.8, 4) is 6.07 Å². The Kier molecular flexibility index (Phi) is 5.87. The van der Waals surface area contributed by atoms with Gasteiger partial charge >= 0.3 is 5.97 Å². The van der Waals surface area contributed by atoms with Gasteiger partial charge in [-0.3, -0.25) is 4.79 Å². The molecule has 0 heterocycles. The van der Waals surface area contributed by atoms with Gasteiger partial charge in [-0.05, 0) is 36.8 Å². The van der Waals surface area contributed by atoms with Crippen LogP contribution in [-0.4, -0.2) is 18.5 Å². The number of nitrogens with zero attached hydrogens (tertiary/aromatic N) is 1. The molecule has 0 saturated heterocycles. The topological polar surface area (TPSA) is 79.2 Å². The third-order valence-corrected chi connectivity index (χ3v) is 3.11. The maximum atomic E-state index is 12.2. The minimum Gasteiger partial charge on any atom is -0.462 e. The summed E-state index contributed by atoms with van der Waals surface area (Å²) in [5, 5.41) is 11.8. The highest BCUT2D eigenvalue weighted by molar-refractivity contribution is 6.10. The molecule has 0 spiro atoms. The Balaban J connectivity index is 2.17. The third-order valence-electron chi connectivity index (χ3n) is 3.11. The fourth-order valence-electron chi connectivity index (χ4n) is 2.00. The third kappa shape index (κ3) is 4.55. The zero-order valence-corrected chi connectivity index (χ0v) is 13.2. The lowest BCUT2D eigenvalue weighted by Crippen LogP contribution is -2.14. The van der Waals surface area contributed by atoms with Gasteiger partial charge in [-0.25, -0.2) is 4.79 Å². The van der Waals surface area contributed by atoms with Crippen molar-refractivity contribution < 1.29 is 14.3 Å². The number of benzene rings is 2. The first-order chi connectivity index (χ1) is 11.6. The number of hydrogen-bond acceptors (Lipinski definition) is 4. The number of ether oxygens (including phenoxy) is 1. The Morgan fingerprint density at radius 3 is 2.58 bits per heavy atom. The number of rotatable bonds is 5. The maximum absolute atomic E-state index is 12.2. The molecule has 120 valence electrons. The first kappa shape index (κ1) is 17.0. The minimum absolute atomic E-state index is 0.0252. The number of nitriles is 1. The lowest BCUT2D eigenvalue weighted by Gasteiger charge is -2.07. The van der Waals surface area contributed by atoms with Crippen LogP contribution < -0.4 is 5.32 Å². The molecule has 0 fully saturated rings. The number of amides is 1. The van der Waals surface area contributed by atoms with Crippen LogP contribution in [0.2, 0.25) is 0 Å². The summed E-state index contributed by atoms with van der Waals surface area (Å²) in [4.78, 5) is 24.0. The molecule has 1 amide bonds. The summed E-state index contributed by atoms with van der Waals surface area (Å²) in [5.41, 5.74) is 1.48. The monoisotopic (exact) mass is 320 g/mol. The maximum Gasteiger partial charge on any atom is 0.338 e. The molecule has 2 aromatic rings. The van der Waals surface area contributed by atoms with Crippen LogP contribution in [0.15, 0.2) is 60.2 Å². The van der Waals surface area contributed by atoms with E-state index in [1.807, 2.05) is 24.3 Å². The molecule has 2 rings (SSSR count). The molecule has 0 aliphatic rings. The van der Waals surface area contributed by atoms with Crippen molar-refractivity contribution in [2.24, 2.45) is 0 Å². The summed E-state index contributed by atoms with van der Waals surface area (Å²) in [6.45, 7) is 1.99. The molecular formula is C19H16N2O3. The normalized spacial score (nSPS) is 10.6. The molecule has 1 N–H and O–H groups in total. The summed E-state index contributed by atoms with van der Waals surface area (Å²) >= 11 is 0. The lowest BCUT2D eigenvalue weighted by atomic mass is 10.1. The highest BCUT2D eigenvalue weighted by Crippen LogP contribution is 2.14. The summed E-state index contributed by atoms with van der Waals surface area (Å²) < 4.78 is 4.92. The Morgan fingerprint density at radius 1 is 1.17 bits per heavy atom. The van der Waals surface area contributed by atoms with Gasteiger partial charge in [-0.15, -0.1) is 0 Å². The molecule has 24 heavy (non-hydrogen) atoms. The van der Waals surface area contributed by atoms with Crippen LogP contribution in [0.4, 0.5) is 5.69 Å². The predicted molar refractivity (Wildman–Crippen MR) is 91.1 cm³/mol. The molecule has 0 aromatic heterocycles. The average molecular weight is 320 g/mol. The van der Waals surface area contributed by atoms with Crippen molar-refractivity contribution in [1.82, 2.24) is 0 Å². The Labute approximate surface area is 140 Å². The molecule has 2 aromatic carbocycles. The average Bonchev–Trinajstić information content (AvgIpc) is 2.61. The molecule has 0 saturated carbocycles. The fourth-order valence-corrected chi connectivity index (χ4v) is 2.00. The molecule has 0 atom stereocenters. The summed E-state index contributed by atoms with van der Waals surface area (Å²) in [5.74, 6) is -1.00. The Morgan fingerprint density at radius 2 is 1.92 bits per heavy atom. The summed E-state index contributed by atoms with van der Waals surface area (Å²) in [6.07, 6.45) is 1.50. The molecule has 5 nitrogen and oxygen atoms in total. The Bertz CT molecular complexity index is 805. The van der Waals surface area contributed by atoms with Gasteiger partial charge < -0.3 is 10.1 Å². The standard InChI is InChI=1S/C19H16N2O3/c1-2-24-19(23)15-9-6-10-17(12-15)21-18(22)16(13-20)11-14-7-4-3-5-8-14/h3-12H,2H2,1H3,(H,21,22). The van der Waals surface area contributed by atoms with E-state index in [0.717, 1.165) is 5.56 Å². The molecule has 0 aliphatic heterocycles. The van der Waals surface area contributed by atoms with Gasteiger partial charge in [-0.2, -0.15) is 5.26 Å². The van der Waals surface area contributed by atoms with Gasteiger partial charge in [0.05, 0.1) is 12.2 Å².